The van der Waals surface area contributed by atoms with Crippen molar-refractivity contribution >= 4 is 35.0 Å². The number of nitrogens with zero attached hydrogens (tertiary/aromatic N) is 1. The van der Waals surface area contributed by atoms with E-state index >= 15 is 0 Å². The maximum Gasteiger partial charge on any atom is 0.255 e. The van der Waals surface area contributed by atoms with Crippen LogP contribution in [0.15, 0.2) is 72.8 Å². The lowest BCUT2D eigenvalue weighted by Gasteiger charge is -2.25. The Labute approximate surface area is 192 Å². The Morgan fingerprint density at radius 3 is 2.44 bits per heavy atom. The lowest BCUT2D eigenvalue weighted by Crippen LogP contribution is -2.27. The summed E-state index contributed by atoms with van der Waals surface area (Å²) in [6, 6.07) is 22.9. The monoisotopic (exact) mass is 446 g/mol. The summed E-state index contributed by atoms with van der Waals surface area (Å²) in [5.41, 5.74) is 4.35. The second-order valence-corrected chi connectivity index (χ2v) is 9.05. The molecule has 164 valence electrons. The van der Waals surface area contributed by atoms with Crippen LogP contribution < -0.4 is 15.0 Å². The van der Waals surface area contributed by atoms with E-state index in [0.717, 1.165) is 11.3 Å². The SMILES string of the molecule is COc1ccc(C(=O)Nc2cccc([C@H]3SCC(=O)N3c3ccc(C(C)C)cc3)c2)cc1. The van der Waals surface area contributed by atoms with Crippen LogP contribution in [0, 0.1) is 0 Å². The Morgan fingerprint density at radius 2 is 1.78 bits per heavy atom. The lowest BCUT2D eigenvalue weighted by molar-refractivity contribution is -0.115. The van der Waals surface area contributed by atoms with Gasteiger partial charge in [0.25, 0.3) is 5.91 Å². The van der Waals surface area contributed by atoms with Crippen LogP contribution in [0.3, 0.4) is 0 Å². The van der Waals surface area contributed by atoms with Gasteiger partial charge >= 0.3 is 0 Å². The molecule has 0 spiro atoms. The minimum Gasteiger partial charge on any atom is -0.497 e. The molecule has 3 aromatic rings. The summed E-state index contributed by atoms with van der Waals surface area (Å²) in [5, 5.41) is 2.82. The highest BCUT2D eigenvalue weighted by Crippen LogP contribution is 2.42. The van der Waals surface area contributed by atoms with Crippen molar-refractivity contribution in [1.82, 2.24) is 0 Å². The van der Waals surface area contributed by atoms with Crippen LogP contribution >= 0.6 is 11.8 Å². The summed E-state index contributed by atoms with van der Waals surface area (Å²) in [4.78, 5) is 27.2. The quantitative estimate of drug-likeness (QED) is 0.516. The molecule has 32 heavy (non-hydrogen) atoms. The number of rotatable bonds is 6. The number of amides is 2. The predicted octanol–water partition coefficient (Wildman–Crippen LogP) is 5.85. The van der Waals surface area contributed by atoms with Crippen molar-refractivity contribution in [2.75, 3.05) is 23.1 Å². The first kappa shape index (κ1) is 22.0. The highest BCUT2D eigenvalue weighted by atomic mass is 32.2. The molecule has 0 unspecified atom stereocenters. The molecule has 6 heteroatoms. The zero-order valence-corrected chi connectivity index (χ0v) is 19.2. The van der Waals surface area contributed by atoms with Gasteiger partial charge in [-0.3, -0.25) is 14.5 Å². The second kappa shape index (κ2) is 9.49. The van der Waals surface area contributed by atoms with Gasteiger partial charge in [0.1, 0.15) is 11.1 Å². The van der Waals surface area contributed by atoms with Gasteiger partial charge in [0.05, 0.1) is 12.9 Å². The van der Waals surface area contributed by atoms with Gasteiger partial charge in [-0.15, -0.1) is 11.8 Å². The van der Waals surface area contributed by atoms with Gasteiger partial charge in [0, 0.05) is 16.9 Å². The van der Waals surface area contributed by atoms with Gasteiger partial charge in [0.2, 0.25) is 5.91 Å². The van der Waals surface area contributed by atoms with Gasteiger partial charge in [-0.2, -0.15) is 0 Å². The first-order valence-corrected chi connectivity index (χ1v) is 11.6. The average molecular weight is 447 g/mol. The number of carbonyl (C=O) groups is 2. The zero-order valence-electron chi connectivity index (χ0n) is 18.4. The Kier molecular flexibility index (Phi) is 6.51. The smallest absolute Gasteiger partial charge is 0.255 e. The molecule has 3 aromatic carbocycles. The molecule has 4 rings (SSSR count). The molecule has 1 heterocycles. The highest BCUT2D eigenvalue weighted by Gasteiger charge is 2.34. The number of carbonyl (C=O) groups excluding carboxylic acids is 2. The van der Waals surface area contributed by atoms with Gasteiger partial charge < -0.3 is 10.1 Å². The van der Waals surface area contributed by atoms with E-state index < -0.39 is 0 Å². The Bertz CT molecular complexity index is 1110. The normalized spacial score (nSPS) is 15.8. The first-order chi connectivity index (χ1) is 15.5. The van der Waals surface area contributed by atoms with Crippen molar-refractivity contribution < 1.29 is 14.3 Å². The number of hydrogen-bond acceptors (Lipinski definition) is 4. The van der Waals surface area contributed by atoms with E-state index in [1.165, 1.54) is 5.56 Å². The van der Waals surface area contributed by atoms with Crippen LogP contribution in [0.1, 0.15) is 46.6 Å². The van der Waals surface area contributed by atoms with Crippen molar-refractivity contribution in [2.45, 2.75) is 25.1 Å². The van der Waals surface area contributed by atoms with Crippen molar-refractivity contribution in [3.8, 4) is 5.75 Å². The maximum atomic E-state index is 12.7. The summed E-state index contributed by atoms with van der Waals surface area (Å²) >= 11 is 1.59. The third kappa shape index (κ3) is 4.65. The molecule has 0 bridgehead atoms. The van der Waals surface area contributed by atoms with E-state index in [-0.39, 0.29) is 17.2 Å². The first-order valence-electron chi connectivity index (χ1n) is 10.6. The number of hydrogen-bond donors (Lipinski definition) is 1. The summed E-state index contributed by atoms with van der Waals surface area (Å²) in [7, 11) is 1.59. The third-order valence-electron chi connectivity index (χ3n) is 5.49. The Morgan fingerprint density at radius 1 is 1.06 bits per heavy atom. The molecule has 0 aliphatic carbocycles. The fourth-order valence-electron chi connectivity index (χ4n) is 3.69. The minimum atomic E-state index is -0.193. The molecular weight excluding hydrogens is 420 g/mol. The molecular formula is C26H26N2O3S. The molecule has 1 atom stereocenters. The van der Waals surface area contributed by atoms with E-state index in [4.69, 9.17) is 4.74 Å². The molecule has 5 nitrogen and oxygen atoms in total. The number of ether oxygens (including phenoxy) is 1. The highest BCUT2D eigenvalue weighted by molar-refractivity contribution is 8.00. The molecule has 2 amide bonds. The molecule has 1 fully saturated rings. The summed E-state index contributed by atoms with van der Waals surface area (Å²) in [5.74, 6) is 1.47. The molecule has 0 saturated carbocycles. The standard InChI is InChI=1S/C26H26N2O3S/c1-17(2)18-7-11-22(12-8-18)28-24(29)16-32-26(28)20-5-4-6-21(15-20)27-25(30)19-9-13-23(31-3)14-10-19/h4-15,17,26H,16H2,1-3H3,(H,27,30)/t26-/m1/s1. The Hall–Kier alpha value is -3.25. The van der Waals surface area contributed by atoms with E-state index in [1.807, 2.05) is 41.3 Å². The van der Waals surface area contributed by atoms with Crippen LogP contribution in [0.2, 0.25) is 0 Å². The molecule has 1 saturated heterocycles. The van der Waals surface area contributed by atoms with E-state index in [9.17, 15) is 9.59 Å². The topological polar surface area (TPSA) is 58.6 Å². The van der Waals surface area contributed by atoms with Crippen LogP contribution in [0.25, 0.3) is 0 Å². The number of benzene rings is 3. The fraction of sp³-hybridized carbons (Fsp3) is 0.231. The molecule has 1 aliphatic rings. The van der Waals surface area contributed by atoms with Crippen molar-refractivity contribution in [2.24, 2.45) is 0 Å². The largest absolute Gasteiger partial charge is 0.497 e. The Balaban J connectivity index is 1.54. The molecule has 1 N–H and O–H groups in total. The molecule has 0 aromatic heterocycles. The number of nitrogens with one attached hydrogen (secondary N) is 1. The van der Waals surface area contributed by atoms with Gasteiger partial charge in [-0.1, -0.05) is 38.1 Å². The van der Waals surface area contributed by atoms with Gasteiger partial charge in [-0.05, 0) is 65.6 Å². The molecule has 0 radical (unpaired) electrons. The number of methoxy groups -OCH3 is 1. The zero-order chi connectivity index (χ0) is 22.7. The van der Waals surface area contributed by atoms with Crippen LogP contribution in [-0.4, -0.2) is 24.7 Å². The van der Waals surface area contributed by atoms with Crippen molar-refractivity contribution in [3.63, 3.8) is 0 Å². The van der Waals surface area contributed by atoms with Crippen molar-refractivity contribution in [3.05, 3.63) is 89.5 Å². The fourth-order valence-corrected chi connectivity index (χ4v) is 4.85. The predicted molar refractivity (Wildman–Crippen MR) is 131 cm³/mol. The average Bonchev–Trinajstić information content (AvgIpc) is 3.20. The summed E-state index contributed by atoms with van der Waals surface area (Å²) in [6.07, 6.45) is 0. The van der Waals surface area contributed by atoms with E-state index in [0.29, 0.717) is 28.7 Å². The number of anilines is 2. The number of thioether (sulfide) groups is 1. The van der Waals surface area contributed by atoms with E-state index in [2.05, 4.69) is 31.3 Å². The second-order valence-electron chi connectivity index (χ2n) is 7.98. The third-order valence-corrected chi connectivity index (χ3v) is 6.70. The van der Waals surface area contributed by atoms with Crippen LogP contribution in [-0.2, 0) is 4.79 Å². The molecule has 1 aliphatic heterocycles. The van der Waals surface area contributed by atoms with Gasteiger partial charge in [0.15, 0.2) is 0 Å². The van der Waals surface area contributed by atoms with Crippen molar-refractivity contribution in [1.29, 1.82) is 0 Å². The van der Waals surface area contributed by atoms with Crippen LogP contribution in [0.4, 0.5) is 11.4 Å². The summed E-state index contributed by atoms with van der Waals surface area (Å²) in [6.45, 7) is 4.31. The summed E-state index contributed by atoms with van der Waals surface area (Å²) < 4.78 is 5.15. The van der Waals surface area contributed by atoms with Crippen LogP contribution in [0.5, 0.6) is 5.75 Å². The minimum absolute atomic E-state index is 0.0879. The van der Waals surface area contributed by atoms with E-state index in [1.54, 1.807) is 43.1 Å². The maximum absolute atomic E-state index is 12.7. The lowest BCUT2D eigenvalue weighted by atomic mass is 10.0. The van der Waals surface area contributed by atoms with Gasteiger partial charge in [-0.25, -0.2) is 0 Å².